The molecule has 9 heteroatoms. The molecule has 5 nitrogen and oxygen atoms in total. The lowest BCUT2D eigenvalue weighted by molar-refractivity contribution is -0.173. The van der Waals surface area contributed by atoms with E-state index in [0.717, 1.165) is 5.75 Å². The highest BCUT2D eigenvalue weighted by molar-refractivity contribution is 7.98. The van der Waals surface area contributed by atoms with Gasteiger partial charge in [-0.15, -0.1) is 0 Å². The van der Waals surface area contributed by atoms with Crippen LogP contribution in [0.5, 0.6) is 0 Å². The lowest BCUT2D eigenvalue weighted by atomic mass is 9.91. The zero-order valence-electron chi connectivity index (χ0n) is 14.9. The van der Waals surface area contributed by atoms with E-state index in [0.29, 0.717) is 25.7 Å². The van der Waals surface area contributed by atoms with E-state index in [1.807, 2.05) is 6.26 Å². The smallest absolute Gasteiger partial charge is 0.348 e. The second-order valence-corrected chi connectivity index (χ2v) is 6.84. The van der Waals surface area contributed by atoms with Crippen molar-refractivity contribution in [3.05, 3.63) is 0 Å². The molecule has 0 aromatic carbocycles. The number of alkyl halides is 3. The van der Waals surface area contributed by atoms with Gasteiger partial charge in [0.2, 0.25) is 0 Å². The summed E-state index contributed by atoms with van der Waals surface area (Å²) in [7, 11) is 1.64. The molecule has 0 aliphatic heterocycles. The number of likely N-dealkylation sites (N-methyl/N-ethyl adjacent to an activating group) is 1. The van der Waals surface area contributed by atoms with Crippen LogP contribution in [0.15, 0.2) is 0 Å². The van der Waals surface area contributed by atoms with Crippen molar-refractivity contribution in [2.75, 3.05) is 25.6 Å². The molecule has 0 spiro atoms. The topological polar surface area (TPSA) is 75.3 Å². The average Bonchev–Trinajstić information content (AvgIpc) is 2.53. The molecule has 0 fully saturated rings. The third-order valence-electron chi connectivity index (χ3n) is 3.89. The number of hydrogen-bond donors (Lipinski definition) is 2. The van der Waals surface area contributed by atoms with Crippen LogP contribution < -0.4 is 10.6 Å². The van der Waals surface area contributed by atoms with Crippen molar-refractivity contribution in [3.8, 4) is 0 Å². The fourth-order valence-electron chi connectivity index (χ4n) is 2.34. The first-order chi connectivity index (χ1) is 11.6. The predicted molar refractivity (Wildman–Crippen MR) is 92.6 cm³/mol. The number of ketones is 2. The Balaban J connectivity index is 4.24. The average molecular weight is 384 g/mol. The van der Waals surface area contributed by atoms with Crippen LogP contribution in [0.25, 0.3) is 0 Å². The van der Waals surface area contributed by atoms with E-state index in [2.05, 4.69) is 5.32 Å². The fourth-order valence-corrected chi connectivity index (χ4v) is 2.86. The third-order valence-corrected chi connectivity index (χ3v) is 4.54. The molecule has 0 bridgehead atoms. The molecule has 0 heterocycles. The normalized spacial score (nSPS) is 14.0. The van der Waals surface area contributed by atoms with Crippen molar-refractivity contribution < 1.29 is 27.6 Å². The molecule has 2 N–H and O–H groups in total. The predicted octanol–water partition coefficient (Wildman–Crippen LogP) is 2.34. The standard InChI is InChI=1S/C16H27F3N2O3S/c1-11(22)12(7-9-25-3)10-14(23)13(20-2)6-4-5-8-21-15(24)16(17,18)19/h12-13,20H,4-10H2,1-3H3,(H,21,24)/t12-,13+/m1/s1. The van der Waals surface area contributed by atoms with Crippen molar-refractivity contribution in [1.29, 1.82) is 0 Å². The largest absolute Gasteiger partial charge is 0.471 e. The first kappa shape index (κ1) is 23.9. The molecule has 0 saturated carbocycles. The number of hydrogen-bond acceptors (Lipinski definition) is 5. The molecule has 146 valence electrons. The van der Waals surface area contributed by atoms with Crippen molar-refractivity contribution in [1.82, 2.24) is 10.6 Å². The van der Waals surface area contributed by atoms with Crippen LogP contribution >= 0.6 is 11.8 Å². The Morgan fingerprint density at radius 3 is 2.24 bits per heavy atom. The van der Waals surface area contributed by atoms with Gasteiger partial charge in [0.05, 0.1) is 6.04 Å². The fraction of sp³-hybridized carbons (Fsp3) is 0.812. The second-order valence-electron chi connectivity index (χ2n) is 5.85. The maximum Gasteiger partial charge on any atom is 0.471 e. The van der Waals surface area contributed by atoms with Gasteiger partial charge in [-0.25, -0.2) is 0 Å². The van der Waals surface area contributed by atoms with Gasteiger partial charge in [-0.1, -0.05) is 0 Å². The number of halogens is 3. The van der Waals surface area contributed by atoms with E-state index in [9.17, 15) is 27.6 Å². The molecule has 0 aromatic rings. The third kappa shape index (κ3) is 10.5. The molecule has 0 rings (SSSR count). The Morgan fingerprint density at radius 2 is 1.76 bits per heavy atom. The molecule has 2 atom stereocenters. The van der Waals surface area contributed by atoms with Crippen LogP contribution in [-0.2, 0) is 14.4 Å². The second kappa shape index (κ2) is 12.3. The van der Waals surface area contributed by atoms with Gasteiger partial charge >= 0.3 is 12.1 Å². The van der Waals surface area contributed by atoms with Gasteiger partial charge in [-0.3, -0.25) is 14.4 Å². The number of carbonyl (C=O) groups is 3. The summed E-state index contributed by atoms with van der Waals surface area (Å²) in [5, 5.41) is 4.69. The van der Waals surface area contributed by atoms with E-state index in [1.165, 1.54) is 6.92 Å². The lowest BCUT2D eigenvalue weighted by Gasteiger charge is -2.18. The Morgan fingerprint density at radius 1 is 1.12 bits per heavy atom. The molecule has 1 amide bonds. The number of carbonyl (C=O) groups excluding carboxylic acids is 3. The van der Waals surface area contributed by atoms with Crippen molar-refractivity contribution in [3.63, 3.8) is 0 Å². The van der Waals surface area contributed by atoms with E-state index in [1.54, 1.807) is 24.1 Å². The molecule has 0 aliphatic carbocycles. The zero-order chi connectivity index (χ0) is 19.5. The highest BCUT2D eigenvalue weighted by Crippen LogP contribution is 2.17. The van der Waals surface area contributed by atoms with Gasteiger partial charge in [0, 0.05) is 18.9 Å². The highest BCUT2D eigenvalue weighted by atomic mass is 32.2. The van der Waals surface area contributed by atoms with Crippen LogP contribution in [0.4, 0.5) is 13.2 Å². The molecule has 0 unspecified atom stereocenters. The van der Waals surface area contributed by atoms with E-state index < -0.39 is 18.1 Å². The van der Waals surface area contributed by atoms with Crippen molar-refractivity contribution >= 4 is 29.2 Å². The zero-order valence-corrected chi connectivity index (χ0v) is 15.7. The van der Waals surface area contributed by atoms with Crippen LogP contribution in [-0.4, -0.2) is 55.3 Å². The maximum atomic E-state index is 12.3. The number of rotatable bonds is 13. The molecule has 0 aliphatic rings. The van der Waals surface area contributed by atoms with Gasteiger partial charge in [0.15, 0.2) is 0 Å². The minimum Gasteiger partial charge on any atom is -0.348 e. The number of amides is 1. The quantitative estimate of drug-likeness (QED) is 0.477. The minimum atomic E-state index is -4.87. The summed E-state index contributed by atoms with van der Waals surface area (Å²) in [6.45, 7) is 1.39. The van der Waals surface area contributed by atoms with Gasteiger partial charge in [-0.05, 0) is 51.7 Å². The molecule has 0 aromatic heterocycles. The molecule has 0 saturated heterocycles. The summed E-state index contributed by atoms with van der Waals surface area (Å²) in [6.07, 6.45) is -0.825. The number of Topliss-reactive ketones (excluding diaryl/α,β-unsaturated/α-hetero) is 2. The van der Waals surface area contributed by atoms with Gasteiger partial charge in [0.25, 0.3) is 0 Å². The Kier molecular flexibility index (Phi) is 11.8. The van der Waals surface area contributed by atoms with Crippen LogP contribution in [0.2, 0.25) is 0 Å². The summed E-state index contributed by atoms with van der Waals surface area (Å²) < 4.78 is 36.1. The van der Waals surface area contributed by atoms with E-state index >= 15 is 0 Å². The van der Waals surface area contributed by atoms with Crippen molar-refractivity contribution in [2.45, 2.75) is 51.2 Å². The summed E-state index contributed by atoms with van der Waals surface area (Å²) >= 11 is 1.62. The van der Waals surface area contributed by atoms with E-state index in [4.69, 9.17) is 0 Å². The summed E-state index contributed by atoms with van der Waals surface area (Å²) in [6, 6.07) is -0.436. The van der Waals surface area contributed by atoms with Gasteiger partial charge in [0.1, 0.15) is 11.6 Å². The summed E-state index contributed by atoms with van der Waals surface area (Å²) in [5.41, 5.74) is 0. The SMILES string of the molecule is CN[C@@H](CCCCNC(=O)C(F)(F)F)C(=O)C[C@@H](CCSC)C(C)=O. The number of unbranched alkanes of at least 4 members (excludes halogenated alkanes) is 1. The molecule has 0 radical (unpaired) electrons. The summed E-state index contributed by atoms with van der Waals surface area (Å²) in [5.74, 6) is -1.51. The monoisotopic (exact) mass is 384 g/mol. The van der Waals surface area contributed by atoms with Crippen LogP contribution in [0.1, 0.15) is 39.0 Å². The van der Waals surface area contributed by atoms with E-state index in [-0.39, 0.29) is 30.4 Å². The van der Waals surface area contributed by atoms with Gasteiger partial charge < -0.3 is 10.6 Å². The number of thioether (sulfide) groups is 1. The minimum absolute atomic E-state index is 0.00730. The highest BCUT2D eigenvalue weighted by Gasteiger charge is 2.38. The first-order valence-corrected chi connectivity index (χ1v) is 9.57. The molecule has 25 heavy (non-hydrogen) atoms. The lowest BCUT2D eigenvalue weighted by Crippen LogP contribution is -2.38. The van der Waals surface area contributed by atoms with Gasteiger partial charge in [-0.2, -0.15) is 24.9 Å². The van der Waals surface area contributed by atoms with Crippen LogP contribution in [0, 0.1) is 5.92 Å². The Labute approximate surface area is 150 Å². The Hall–Kier alpha value is -1.09. The molecular weight excluding hydrogens is 357 g/mol. The Bertz CT molecular complexity index is 445. The van der Waals surface area contributed by atoms with Crippen molar-refractivity contribution in [2.24, 2.45) is 5.92 Å². The first-order valence-electron chi connectivity index (χ1n) is 8.17. The van der Waals surface area contributed by atoms with Crippen LogP contribution in [0.3, 0.4) is 0 Å². The molecular formula is C16H27F3N2O3S. The number of nitrogens with one attached hydrogen (secondary N) is 2. The maximum absolute atomic E-state index is 12.3. The summed E-state index contributed by atoms with van der Waals surface area (Å²) in [4.78, 5) is 34.6.